The van der Waals surface area contributed by atoms with E-state index in [9.17, 15) is 9.59 Å². The fourth-order valence-electron chi connectivity index (χ4n) is 2.55. The first-order valence-electron chi connectivity index (χ1n) is 9.32. The first-order valence-corrected chi connectivity index (χ1v) is 10.1. The van der Waals surface area contributed by atoms with Crippen LogP contribution in [0.2, 0.25) is 0 Å². The minimum atomic E-state index is -0.344. The van der Waals surface area contributed by atoms with E-state index in [2.05, 4.69) is 25.9 Å². The molecule has 9 heteroatoms. The summed E-state index contributed by atoms with van der Waals surface area (Å²) in [5.74, 6) is 0.152. The fraction of sp³-hybridized carbons (Fsp3) is 0.400. The number of aliphatic imine (C=N–C) groups is 1. The summed E-state index contributed by atoms with van der Waals surface area (Å²) < 4.78 is 5.07. The van der Waals surface area contributed by atoms with Crippen molar-refractivity contribution in [2.75, 3.05) is 20.7 Å². The normalized spacial score (nSPS) is 12.2. The van der Waals surface area contributed by atoms with E-state index < -0.39 is 0 Å². The van der Waals surface area contributed by atoms with Crippen LogP contribution in [0.1, 0.15) is 56.2 Å². The van der Waals surface area contributed by atoms with Crippen molar-refractivity contribution in [3.8, 4) is 0 Å². The van der Waals surface area contributed by atoms with Gasteiger partial charge in [-0.1, -0.05) is 12.1 Å². The third-order valence-corrected chi connectivity index (χ3v) is 5.44. The van der Waals surface area contributed by atoms with E-state index in [4.69, 9.17) is 4.74 Å². The number of hydrogen-bond donors (Lipinski definition) is 3. The Bertz CT molecular complexity index is 877. The minimum absolute atomic E-state index is 0.114. The zero-order valence-corrected chi connectivity index (χ0v) is 18.1. The van der Waals surface area contributed by atoms with Gasteiger partial charge in [0.2, 0.25) is 0 Å². The van der Waals surface area contributed by atoms with E-state index >= 15 is 0 Å². The molecule has 8 nitrogen and oxygen atoms in total. The van der Waals surface area contributed by atoms with Crippen molar-refractivity contribution in [2.45, 2.75) is 33.4 Å². The summed E-state index contributed by atoms with van der Waals surface area (Å²) in [7, 11) is 3.29. The molecule has 0 spiro atoms. The number of esters is 1. The largest absolute Gasteiger partial charge is 0.462 e. The molecule has 0 radical (unpaired) electrons. The Morgan fingerprint density at radius 3 is 2.55 bits per heavy atom. The summed E-state index contributed by atoms with van der Waals surface area (Å²) >= 11 is 1.32. The molecule has 1 atom stereocenters. The van der Waals surface area contributed by atoms with Gasteiger partial charge in [0.1, 0.15) is 9.88 Å². The van der Waals surface area contributed by atoms with Gasteiger partial charge in [0.05, 0.1) is 18.3 Å². The van der Waals surface area contributed by atoms with E-state index in [1.54, 1.807) is 40.1 Å². The fourth-order valence-corrected chi connectivity index (χ4v) is 3.52. The van der Waals surface area contributed by atoms with Crippen molar-refractivity contribution in [1.29, 1.82) is 0 Å². The molecule has 156 valence electrons. The van der Waals surface area contributed by atoms with E-state index in [0.29, 0.717) is 35.2 Å². The average molecular weight is 418 g/mol. The number of benzene rings is 1. The summed E-state index contributed by atoms with van der Waals surface area (Å²) in [5.41, 5.74) is 2.29. The Labute approximate surface area is 174 Å². The van der Waals surface area contributed by atoms with Gasteiger partial charge in [0.15, 0.2) is 5.96 Å². The lowest BCUT2D eigenvalue weighted by atomic mass is 10.1. The van der Waals surface area contributed by atoms with Crippen molar-refractivity contribution in [1.82, 2.24) is 20.9 Å². The van der Waals surface area contributed by atoms with E-state index in [-0.39, 0.29) is 17.9 Å². The molecule has 0 aliphatic rings. The Morgan fingerprint density at radius 1 is 1.28 bits per heavy atom. The second-order valence-electron chi connectivity index (χ2n) is 6.25. The highest BCUT2D eigenvalue weighted by atomic mass is 32.1. The van der Waals surface area contributed by atoms with Gasteiger partial charge in [0, 0.05) is 26.2 Å². The number of aryl methyl sites for hydroxylation is 1. The Morgan fingerprint density at radius 2 is 1.97 bits per heavy atom. The predicted molar refractivity (Wildman–Crippen MR) is 114 cm³/mol. The molecule has 29 heavy (non-hydrogen) atoms. The highest BCUT2D eigenvalue weighted by Crippen LogP contribution is 2.24. The Kier molecular flexibility index (Phi) is 8.14. The summed E-state index contributed by atoms with van der Waals surface area (Å²) in [4.78, 5) is 32.8. The molecule has 2 rings (SSSR count). The first kappa shape index (κ1) is 22.4. The SMILES string of the molecule is CCOC(=O)c1sc(C(C)NC(=NC)NCc2ccc(C(=O)NC)cc2)nc1C. The molecule has 1 aromatic heterocycles. The number of rotatable bonds is 7. The van der Waals surface area contributed by atoms with Crippen molar-refractivity contribution >= 4 is 29.2 Å². The number of nitrogens with zero attached hydrogens (tertiary/aromatic N) is 2. The molecular formula is C20H27N5O3S. The molecule has 0 aliphatic heterocycles. The zero-order valence-electron chi connectivity index (χ0n) is 17.3. The van der Waals surface area contributed by atoms with Gasteiger partial charge < -0.3 is 20.7 Å². The maximum atomic E-state index is 12.0. The third-order valence-electron chi connectivity index (χ3n) is 4.12. The van der Waals surface area contributed by atoms with Crippen LogP contribution in [-0.4, -0.2) is 43.5 Å². The predicted octanol–water partition coefficient (Wildman–Crippen LogP) is 2.41. The molecule has 0 aliphatic carbocycles. The molecular weight excluding hydrogens is 390 g/mol. The summed E-state index contributed by atoms with van der Waals surface area (Å²) in [5, 5.41) is 9.89. The maximum absolute atomic E-state index is 12.0. The quantitative estimate of drug-likeness (QED) is 0.363. The molecule has 1 heterocycles. The lowest BCUT2D eigenvalue weighted by molar-refractivity contribution is 0.0531. The smallest absolute Gasteiger partial charge is 0.350 e. The number of thiazole rings is 1. The van der Waals surface area contributed by atoms with Crippen LogP contribution in [-0.2, 0) is 11.3 Å². The number of carbonyl (C=O) groups is 2. The van der Waals surface area contributed by atoms with Crippen LogP contribution in [0.5, 0.6) is 0 Å². The van der Waals surface area contributed by atoms with E-state index in [1.807, 2.05) is 19.1 Å². The molecule has 1 unspecified atom stereocenters. The molecule has 0 saturated heterocycles. The highest BCUT2D eigenvalue weighted by Gasteiger charge is 2.20. The van der Waals surface area contributed by atoms with E-state index in [1.165, 1.54) is 11.3 Å². The molecule has 2 aromatic rings. The average Bonchev–Trinajstić information content (AvgIpc) is 3.12. The maximum Gasteiger partial charge on any atom is 0.350 e. The van der Waals surface area contributed by atoms with Crippen LogP contribution in [0.25, 0.3) is 0 Å². The van der Waals surface area contributed by atoms with Crippen molar-refractivity contribution in [2.24, 2.45) is 4.99 Å². The number of nitrogens with one attached hydrogen (secondary N) is 3. The number of aromatic nitrogens is 1. The third kappa shape index (κ3) is 6.02. The second kappa shape index (κ2) is 10.6. The number of guanidine groups is 1. The Balaban J connectivity index is 1.97. The highest BCUT2D eigenvalue weighted by molar-refractivity contribution is 7.13. The van der Waals surface area contributed by atoms with Gasteiger partial charge in [-0.05, 0) is 38.5 Å². The van der Waals surface area contributed by atoms with E-state index in [0.717, 1.165) is 10.6 Å². The van der Waals surface area contributed by atoms with Crippen LogP contribution in [0, 0.1) is 6.92 Å². The molecule has 0 saturated carbocycles. The monoisotopic (exact) mass is 417 g/mol. The van der Waals surface area contributed by atoms with Gasteiger partial charge in [-0.15, -0.1) is 11.3 Å². The standard InChI is InChI=1S/C20H27N5O3S/c1-6-28-19(27)16-12(2)24-18(29-16)13(3)25-20(22-5)23-11-14-7-9-15(10-8-14)17(26)21-4/h7-10,13H,6,11H2,1-5H3,(H,21,26)(H2,22,23,25). The van der Waals surface area contributed by atoms with Crippen LogP contribution >= 0.6 is 11.3 Å². The molecule has 0 fully saturated rings. The first-order chi connectivity index (χ1) is 13.9. The van der Waals surface area contributed by atoms with Gasteiger partial charge in [-0.25, -0.2) is 9.78 Å². The summed E-state index contributed by atoms with van der Waals surface area (Å²) in [6.07, 6.45) is 0. The molecule has 1 aromatic carbocycles. The van der Waals surface area contributed by atoms with Gasteiger partial charge in [-0.2, -0.15) is 0 Å². The van der Waals surface area contributed by atoms with Crippen molar-refractivity contribution in [3.63, 3.8) is 0 Å². The zero-order chi connectivity index (χ0) is 21.4. The number of amides is 1. The van der Waals surface area contributed by atoms with Crippen LogP contribution in [0.3, 0.4) is 0 Å². The Hall–Kier alpha value is -2.94. The van der Waals surface area contributed by atoms with Gasteiger partial charge in [0.25, 0.3) is 5.91 Å². The van der Waals surface area contributed by atoms with Crippen LogP contribution in [0.4, 0.5) is 0 Å². The van der Waals surface area contributed by atoms with Gasteiger partial charge in [-0.3, -0.25) is 9.79 Å². The second-order valence-corrected chi connectivity index (χ2v) is 7.29. The molecule has 0 bridgehead atoms. The summed E-state index contributed by atoms with van der Waals surface area (Å²) in [6, 6.07) is 7.21. The van der Waals surface area contributed by atoms with Crippen LogP contribution < -0.4 is 16.0 Å². The lowest BCUT2D eigenvalue weighted by Gasteiger charge is -2.16. The lowest BCUT2D eigenvalue weighted by Crippen LogP contribution is -2.38. The topological polar surface area (TPSA) is 105 Å². The number of ether oxygens (including phenoxy) is 1. The summed E-state index contributed by atoms with van der Waals surface area (Å²) in [6.45, 7) is 6.42. The van der Waals surface area contributed by atoms with Crippen LogP contribution in [0.15, 0.2) is 29.3 Å². The number of carbonyl (C=O) groups excluding carboxylic acids is 2. The van der Waals surface area contributed by atoms with Crippen molar-refractivity contribution in [3.05, 3.63) is 51.0 Å². The minimum Gasteiger partial charge on any atom is -0.462 e. The van der Waals surface area contributed by atoms with Gasteiger partial charge >= 0.3 is 5.97 Å². The van der Waals surface area contributed by atoms with Crippen molar-refractivity contribution < 1.29 is 14.3 Å². The molecule has 3 N–H and O–H groups in total. The number of hydrogen-bond acceptors (Lipinski definition) is 6. The molecule has 1 amide bonds.